The topological polar surface area (TPSA) is 52.9 Å². The van der Waals surface area contributed by atoms with Gasteiger partial charge in [0.2, 0.25) is 5.91 Å². The highest BCUT2D eigenvalue weighted by molar-refractivity contribution is 5.80. The van der Waals surface area contributed by atoms with Crippen LogP contribution in [0, 0.1) is 29.1 Å². The number of nitrogens with zero attached hydrogens (tertiary/aromatic N) is 1. The van der Waals surface area contributed by atoms with Crippen LogP contribution in [-0.4, -0.2) is 12.5 Å². The van der Waals surface area contributed by atoms with E-state index in [1.807, 2.05) is 6.92 Å². The molecule has 3 nitrogen and oxygen atoms in total. The van der Waals surface area contributed by atoms with Gasteiger partial charge in [-0.15, -0.1) is 0 Å². The molecule has 0 aromatic heterocycles. The zero-order chi connectivity index (χ0) is 13.4. The first-order valence-corrected chi connectivity index (χ1v) is 7.38. The standard InChI is InChI=1S/C15H26N2O/c1-3-5-14(10-16)15(18)17-11-13-8-6-12(4-2)7-9-13/h12-14H,3-9,11H2,1-2H3,(H,17,18). The first-order valence-electron chi connectivity index (χ1n) is 7.38. The van der Waals surface area contributed by atoms with E-state index < -0.39 is 5.92 Å². The van der Waals surface area contributed by atoms with Gasteiger partial charge in [-0.3, -0.25) is 4.79 Å². The smallest absolute Gasteiger partial charge is 0.237 e. The van der Waals surface area contributed by atoms with E-state index >= 15 is 0 Å². The molecule has 1 rings (SSSR count). The van der Waals surface area contributed by atoms with Crippen LogP contribution >= 0.6 is 0 Å². The molecule has 0 radical (unpaired) electrons. The van der Waals surface area contributed by atoms with Gasteiger partial charge in [0.25, 0.3) is 0 Å². The summed E-state index contributed by atoms with van der Waals surface area (Å²) in [6.07, 6.45) is 7.89. The zero-order valence-electron chi connectivity index (χ0n) is 11.7. The first kappa shape index (κ1) is 15.0. The van der Waals surface area contributed by atoms with Crippen LogP contribution in [0.1, 0.15) is 58.8 Å². The van der Waals surface area contributed by atoms with Crippen molar-refractivity contribution in [2.45, 2.75) is 58.8 Å². The Labute approximate surface area is 111 Å². The molecule has 3 heteroatoms. The van der Waals surface area contributed by atoms with Crippen molar-refractivity contribution in [1.29, 1.82) is 5.26 Å². The predicted molar refractivity (Wildman–Crippen MR) is 72.8 cm³/mol. The summed E-state index contributed by atoms with van der Waals surface area (Å²) < 4.78 is 0. The number of nitriles is 1. The average Bonchev–Trinajstić information content (AvgIpc) is 2.42. The number of nitrogens with one attached hydrogen (secondary N) is 1. The lowest BCUT2D eigenvalue weighted by molar-refractivity contribution is -0.123. The summed E-state index contributed by atoms with van der Waals surface area (Å²) in [6, 6.07) is 2.09. The van der Waals surface area contributed by atoms with Gasteiger partial charge in [0.1, 0.15) is 5.92 Å². The van der Waals surface area contributed by atoms with E-state index in [0.717, 1.165) is 18.9 Å². The second-order valence-electron chi connectivity index (χ2n) is 5.51. The van der Waals surface area contributed by atoms with E-state index in [9.17, 15) is 4.79 Å². The molecule has 0 spiro atoms. The van der Waals surface area contributed by atoms with Crippen molar-refractivity contribution in [3.8, 4) is 6.07 Å². The van der Waals surface area contributed by atoms with Crippen molar-refractivity contribution in [3.63, 3.8) is 0 Å². The predicted octanol–water partition coefficient (Wildman–Crippen LogP) is 3.26. The van der Waals surface area contributed by atoms with Crippen molar-refractivity contribution in [2.75, 3.05) is 6.54 Å². The number of rotatable bonds is 6. The summed E-state index contributed by atoms with van der Waals surface area (Å²) in [7, 11) is 0. The molecule has 1 aliphatic rings. The first-order chi connectivity index (χ1) is 8.71. The fourth-order valence-electron chi connectivity index (χ4n) is 2.75. The third kappa shape index (κ3) is 4.68. The van der Waals surface area contributed by atoms with Crippen LogP contribution in [0.2, 0.25) is 0 Å². The summed E-state index contributed by atoms with van der Waals surface area (Å²) in [6.45, 7) is 5.02. The highest BCUT2D eigenvalue weighted by Crippen LogP contribution is 2.30. The van der Waals surface area contributed by atoms with Crippen molar-refractivity contribution >= 4 is 5.91 Å². The molecular formula is C15H26N2O. The van der Waals surface area contributed by atoms with Crippen LogP contribution < -0.4 is 5.32 Å². The fraction of sp³-hybridized carbons (Fsp3) is 0.867. The number of hydrogen-bond donors (Lipinski definition) is 1. The Hall–Kier alpha value is -1.04. The fourth-order valence-corrected chi connectivity index (χ4v) is 2.75. The molecule has 1 aliphatic carbocycles. The molecule has 0 aromatic rings. The minimum Gasteiger partial charge on any atom is -0.355 e. The van der Waals surface area contributed by atoms with E-state index in [2.05, 4.69) is 18.3 Å². The molecule has 1 unspecified atom stereocenters. The van der Waals surface area contributed by atoms with Gasteiger partial charge in [-0.1, -0.05) is 39.5 Å². The molecular weight excluding hydrogens is 224 g/mol. The van der Waals surface area contributed by atoms with Crippen LogP contribution in [0.15, 0.2) is 0 Å². The van der Waals surface area contributed by atoms with Crippen molar-refractivity contribution in [2.24, 2.45) is 17.8 Å². The average molecular weight is 250 g/mol. The highest BCUT2D eigenvalue weighted by Gasteiger charge is 2.22. The summed E-state index contributed by atoms with van der Waals surface area (Å²) >= 11 is 0. The maximum absolute atomic E-state index is 11.8. The number of amides is 1. The third-order valence-corrected chi connectivity index (χ3v) is 4.16. The molecule has 102 valence electrons. The summed E-state index contributed by atoms with van der Waals surface area (Å²) in [5.41, 5.74) is 0. The summed E-state index contributed by atoms with van der Waals surface area (Å²) in [5, 5.41) is 11.9. The van der Waals surface area contributed by atoms with Crippen LogP contribution in [0.3, 0.4) is 0 Å². The zero-order valence-corrected chi connectivity index (χ0v) is 11.7. The minimum absolute atomic E-state index is 0.0723. The molecule has 1 amide bonds. The molecule has 0 heterocycles. The maximum Gasteiger partial charge on any atom is 0.237 e. The van der Waals surface area contributed by atoms with Crippen molar-refractivity contribution in [3.05, 3.63) is 0 Å². The maximum atomic E-state index is 11.8. The van der Waals surface area contributed by atoms with Gasteiger partial charge in [0.15, 0.2) is 0 Å². The third-order valence-electron chi connectivity index (χ3n) is 4.16. The van der Waals surface area contributed by atoms with Crippen LogP contribution in [-0.2, 0) is 4.79 Å². The highest BCUT2D eigenvalue weighted by atomic mass is 16.1. The Bertz CT molecular complexity index is 287. The van der Waals surface area contributed by atoms with Gasteiger partial charge in [-0.2, -0.15) is 5.26 Å². The van der Waals surface area contributed by atoms with E-state index in [0.29, 0.717) is 12.3 Å². The second-order valence-corrected chi connectivity index (χ2v) is 5.51. The lowest BCUT2D eigenvalue weighted by Crippen LogP contribution is -2.35. The second kappa shape index (κ2) is 8.13. The van der Waals surface area contributed by atoms with Crippen molar-refractivity contribution in [1.82, 2.24) is 5.32 Å². The molecule has 0 aliphatic heterocycles. The summed E-state index contributed by atoms with van der Waals surface area (Å²) in [4.78, 5) is 11.8. The van der Waals surface area contributed by atoms with E-state index in [1.165, 1.54) is 32.1 Å². The number of carbonyl (C=O) groups is 1. The number of carbonyl (C=O) groups excluding carboxylic acids is 1. The Morgan fingerprint density at radius 3 is 2.39 bits per heavy atom. The molecule has 1 saturated carbocycles. The molecule has 1 fully saturated rings. The van der Waals surface area contributed by atoms with Gasteiger partial charge in [0, 0.05) is 6.54 Å². The lowest BCUT2D eigenvalue weighted by atomic mass is 9.81. The van der Waals surface area contributed by atoms with E-state index in [1.54, 1.807) is 0 Å². The molecule has 0 saturated heterocycles. The van der Waals surface area contributed by atoms with E-state index in [4.69, 9.17) is 5.26 Å². The van der Waals surface area contributed by atoms with Gasteiger partial charge in [-0.25, -0.2) is 0 Å². The quantitative estimate of drug-likeness (QED) is 0.786. The largest absolute Gasteiger partial charge is 0.355 e. The monoisotopic (exact) mass is 250 g/mol. The van der Waals surface area contributed by atoms with Crippen LogP contribution in [0.25, 0.3) is 0 Å². The molecule has 18 heavy (non-hydrogen) atoms. The Morgan fingerprint density at radius 1 is 1.28 bits per heavy atom. The van der Waals surface area contributed by atoms with Gasteiger partial charge < -0.3 is 5.32 Å². The van der Waals surface area contributed by atoms with Gasteiger partial charge >= 0.3 is 0 Å². The minimum atomic E-state index is -0.456. The van der Waals surface area contributed by atoms with E-state index in [-0.39, 0.29) is 5.91 Å². The van der Waals surface area contributed by atoms with Crippen LogP contribution in [0.4, 0.5) is 0 Å². The van der Waals surface area contributed by atoms with Gasteiger partial charge in [-0.05, 0) is 31.1 Å². The SMILES string of the molecule is CCCC(C#N)C(=O)NCC1CCC(CC)CC1. The van der Waals surface area contributed by atoms with Crippen LogP contribution in [0.5, 0.6) is 0 Å². The molecule has 1 N–H and O–H groups in total. The summed E-state index contributed by atoms with van der Waals surface area (Å²) in [5.74, 6) is 0.987. The normalized spacial score (nSPS) is 25.2. The van der Waals surface area contributed by atoms with Gasteiger partial charge in [0.05, 0.1) is 6.07 Å². The Balaban J connectivity index is 2.25. The Kier molecular flexibility index (Phi) is 6.78. The lowest BCUT2D eigenvalue weighted by Gasteiger charge is -2.28. The molecule has 0 bridgehead atoms. The molecule has 0 aromatic carbocycles. The Morgan fingerprint density at radius 2 is 1.89 bits per heavy atom. The molecule has 1 atom stereocenters. The number of hydrogen-bond acceptors (Lipinski definition) is 2. The van der Waals surface area contributed by atoms with Crippen molar-refractivity contribution < 1.29 is 4.79 Å².